The largest absolute Gasteiger partial charge is 0.318 e. The fraction of sp³-hybridized carbons (Fsp3) is 0.500. The molecule has 0 aromatic heterocycles. The second kappa shape index (κ2) is 6.14. The van der Waals surface area contributed by atoms with Crippen molar-refractivity contribution in [2.75, 3.05) is 26.0 Å². The first-order valence-electron chi connectivity index (χ1n) is 5.70. The quantitative estimate of drug-likeness (QED) is 0.767. The van der Waals surface area contributed by atoms with Crippen LogP contribution in [0, 0.1) is 0 Å². The van der Waals surface area contributed by atoms with Gasteiger partial charge in [0.15, 0.2) is 9.84 Å². The third kappa shape index (κ3) is 4.11. The van der Waals surface area contributed by atoms with Crippen molar-refractivity contribution in [3.63, 3.8) is 0 Å². The van der Waals surface area contributed by atoms with Gasteiger partial charge in [0.25, 0.3) is 0 Å². The van der Waals surface area contributed by atoms with E-state index < -0.39 is 9.84 Å². The second-order valence-electron chi connectivity index (χ2n) is 4.06. The first kappa shape index (κ1) is 14.2. The van der Waals surface area contributed by atoms with E-state index in [4.69, 9.17) is 5.73 Å². The number of sulfone groups is 1. The lowest BCUT2D eigenvalue weighted by molar-refractivity contribution is 0.349. The smallest absolute Gasteiger partial charge is 0.178 e. The molecule has 5 heteroatoms. The molecule has 0 bridgehead atoms. The lowest BCUT2D eigenvalue weighted by Crippen LogP contribution is -2.27. The molecular weight excluding hydrogens is 236 g/mol. The van der Waals surface area contributed by atoms with Crippen LogP contribution >= 0.6 is 0 Å². The maximum absolute atomic E-state index is 11.6. The number of rotatable bonds is 6. The van der Waals surface area contributed by atoms with Crippen LogP contribution in [0.1, 0.15) is 12.5 Å². The van der Waals surface area contributed by atoms with Gasteiger partial charge in [-0.2, -0.15) is 0 Å². The molecule has 0 saturated carbocycles. The zero-order valence-corrected chi connectivity index (χ0v) is 11.2. The molecule has 4 nitrogen and oxygen atoms in total. The highest BCUT2D eigenvalue weighted by atomic mass is 32.2. The molecule has 0 aliphatic heterocycles. The molecule has 0 aliphatic rings. The molecule has 0 fully saturated rings. The molecule has 0 amide bonds. The third-order valence-corrected chi connectivity index (χ3v) is 4.51. The molecule has 0 aliphatic carbocycles. The molecule has 0 spiro atoms. The fourth-order valence-electron chi connectivity index (χ4n) is 1.44. The molecule has 0 heterocycles. The van der Waals surface area contributed by atoms with Crippen molar-refractivity contribution in [2.24, 2.45) is 5.73 Å². The average molecular weight is 256 g/mol. The lowest BCUT2D eigenvalue weighted by atomic mass is 10.1. The minimum absolute atomic E-state index is 0.141. The molecule has 17 heavy (non-hydrogen) atoms. The predicted molar refractivity (Wildman–Crippen MR) is 69.6 cm³/mol. The number of hydrogen-bond donors (Lipinski definition) is 1. The topological polar surface area (TPSA) is 63.4 Å². The number of nitrogens with zero attached hydrogens (tertiary/aromatic N) is 1. The monoisotopic (exact) mass is 256 g/mol. The van der Waals surface area contributed by atoms with Gasteiger partial charge in [0.05, 0.1) is 10.6 Å². The van der Waals surface area contributed by atoms with Crippen molar-refractivity contribution >= 4 is 9.84 Å². The van der Waals surface area contributed by atoms with Crippen molar-refractivity contribution in [3.05, 3.63) is 29.8 Å². The molecule has 1 rings (SSSR count). The first-order valence-corrected chi connectivity index (χ1v) is 7.35. The summed E-state index contributed by atoms with van der Waals surface area (Å²) in [6, 6.07) is 7.09. The summed E-state index contributed by atoms with van der Waals surface area (Å²) in [5.74, 6) is 0.141. The predicted octanol–water partition coefficient (Wildman–Crippen LogP) is 0.871. The van der Waals surface area contributed by atoms with Crippen LogP contribution in [0.2, 0.25) is 0 Å². The third-order valence-electron chi connectivity index (χ3n) is 2.76. The standard InChI is InChI=1S/C12H20N2O2S/c1-3-17(15,16)12-6-4-11(5-7-12)8-9-14(2)10-13/h4-7H,3,8-10,13H2,1-2H3. The summed E-state index contributed by atoms with van der Waals surface area (Å²) in [5.41, 5.74) is 6.61. The Balaban J connectivity index is 2.69. The van der Waals surface area contributed by atoms with E-state index in [0.29, 0.717) is 11.6 Å². The van der Waals surface area contributed by atoms with E-state index in [1.807, 2.05) is 24.1 Å². The van der Waals surface area contributed by atoms with Crippen LogP contribution in [-0.2, 0) is 16.3 Å². The van der Waals surface area contributed by atoms with E-state index in [1.165, 1.54) is 0 Å². The van der Waals surface area contributed by atoms with Crippen LogP contribution in [0.15, 0.2) is 29.2 Å². The van der Waals surface area contributed by atoms with E-state index in [1.54, 1.807) is 19.1 Å². The van der Waals surface area contributed by atoms with Crippen molar-refractivity contribution in [3.8, 4) is 0 Å². The highest BCUT2D eigenvalue weighted by molar-refractivity contribution is 7.91. The fourth-order valence-corrected chi connectivity index (χ4v) is 2.33. The Morgan fingerprint density at radius 1 is 1.24 bits per heavy atom. The van der Waals surface area contributed by atoms with Crippen LogP contribution in [0.25, 0.3) is 0 Å². The summed E-state index contributed by atoms with van der Waals surface area (Å²) in [7, 11) is -1.13. The maximum Gasteiger partial charge on any atom is 0.178 e. The van der Waals surface area contributed by atoms with E-state index in [0.717, 1.165) is 18.5 Å². The Bertz CT molecular complexity index is 440. The van der Waals surface area contributed by atoms with Gasteiger partial charge in [-0.15, -0.1) is 0 Å². The molecule has 1 aromatic carbocycles. The molecule has 0 radical (unpaired) electrons. The van der Waals surface area contributed by atoms with Crippen molar-refractivity contribution in [1.29, 1.82) is 0 Å². The van der Waals surface area contributed by atoms with Crippen LogP contribution in [0.3, 0.4) is 0 Å². The Kier molecular flexibility index (Phi) is 5.11. The minimum Gasteiger partial charge on any atom is -0.318 e. The maximum atomic E-state index is 11.6. The van der Waals surface area contributed by atoms with E-state index >= 15 is 0 Å². The lowest BCUT2D eigenvalue weighted by Gasteiger charge is -2.13. The number of likely N-dealkylation sites (N-methyl/N-ethyl adjacent to an activating group) is 1. The van der Waals surface area contributed by atoms with Crippen LogP contribution in [-0.4, -0.2) is 39.3 Å². The van der Waals surface area contributed by atoms with Gasteiger partial charge in [0.1, 0.15) is 0 Å². The number of hydrogen-bond acceptors (Lipinski definition) is 4. The summed E-state index contributed by atoms with van der Waals surface area (Å²) in [5, 5.41) is 0. The SMILES string of the molecule is CCS(=O)(=O)c1ccc(CCN(C)CN)cc1. The summed E-state index contributed by atoms with van der Waals surface area (Å²) in [4.78, 5) is 2.41. The zero-order valence-electron chi connectivity index (χ0n) is 10.4. The summed E-state index contributed by atoms with van der Waals surface area (Å²) < 4.78 is 23.2. The minimum atomic E-state index is -3.08. The van der Waals surface area contributed by atoms with Gasteiger partial charge in [-0.25, -0.2) is 8.42 Å². The zero-order chi connectivity index (χ0) is 12.9. The Morgan fingerprint density at radius 3 is 2.29 bits per heavy atom. The van der Waals surface area contributed by atoms with Gasteiger partial charge in [-0.05, 0) is 31.2 Å². The van der Waals surface area contributed by atoms with Crippen molar-refractivity contribution < 1.29 is 8.42 Å². The first-order chi connectivity index (χ1) is 7.99. The van der Waals surface area contributed by atoms with Gasteiger partial charge in [0, 0.05) is 13.2 Å². The average Bonchev–Trinajstić information content (AvgIpc) is 2.36. The van der Waals surface area contributed by atoms with Gasteiger partial charge in [0.2, 0.25) is 0 Å². The van der Waals surface area contributed by atoms with E-state index in [-0.39, 0.29) is 5.75 Å². The van der Waals surface area contributed by atoms with Crippen LogP contribution < -0.4 is 5.73 Å². The molecule has 0 unspecified atom stereocenters. The van der Waals surface area contributed by atoms with E-state index in [9.17, 15) is 8.42 Å². The van der Waals surface area contributed by atoms with E-state index in [2.05, 4.69) is 0 Å². The molecule has 2 N–H and O–H groups in total. The van der Waals surface area contributed by atoms with Gasteiger partial charge < -0.3 is 5.73 Å². The summed E-state index contributed by atoms with van der Waals surface area (Å²) >= 11 is 0. The number of benzene rings is 1. The Morgan fingerprint density at radius 2 is 1.82 bits per heavy atom. The van der Waals surface area contributed by atoms with Crippen molar-refractivity contribution in [2.45, 2.75) is 18.2 Å². The number of nitrogens with two attached hydrogens (primary N) is 1. The van der Waals surface area contributed by atoms with Crippen molar-refractivity contribution in [1.82, 2.24) is 4.90 Å². The normalized spacial score (nSPS) is 12.0. The molecule has 0 atom stereocenters. The van der Waals surface area contributed by atoms with Gasteiger partial charge in [-0.1, -0.05) is 19.1 Å². The summed E-state index contributed by atoms with van der Waals surface area (Å²) in [6.07, 6.45) is 0.875. The highest BCUT2D eigenvalue weighted by Gasteiger charge is 2.10. The summed E-state index contributed by atoms with van der Waals surface area (Å²) in [6.45, 7) is 3.05. The Labute approximate surface area is 103 Å². The second-order valence-corrected chi connectivity index (χ2v) is 6.34. The molecule has 0 saturated heterocycles. The molecule has 1 aromatic rings. The van der Waals surface area contributed by atoms with Crippen LogP contribution in [0.4, 0.5) is 0 Å². The van der Waals surface area contributed by atoms with Gasteiger partial charge >= 0.3 is 0 Å². The van der Waals surface area contributed by atoms with Gasteiger partial charge in [-0.3, -0.25) is 4.90 Å². The Hall–Kier alpha value is -0.910. The van der Waals surface area contributed by atoms with Crippen LogP contribution in [0.5, 0.6) is 0 Å². The highest BCUT2D eigenvalue weighted by Crippen LogP contribution is 2.12. The molecule has 96 valence electrons. The molecular formula is C12H20N2O2S.